The summed E-state index contributed by atoms with van der Waals surface area (Å²) in [5, 5.41) is 20.2. The minimum atomic E-state index is -0.759. The zero-order valence-electron chi connectivity index (χ0n) is 13.5. The van der Waals surface area contributed by atoms with Crippen LogP contribution in [-0.4, -0.2) is 22.9 Å². The molecule has 0 aliphatic rings. The Morgan fingerprint density at radius 3 is 2.46 bits per heavy atom. The molecule has 0 spiro atoms. The Labute approximate surface area is 151 Å². The van der Waals surface area contributed by atoms with E-state index in [-0.39, 0.29) is 6.61 Å². The normalized spacial score (nSPS) is 13.0. The zero-order chi connectivity index (χ0) is 17.4. The van der Waals surface area contributed by atoms with Crippen molar-refractivity contribution >= 4 is 15.9 Å². The van der Waals surface area contributed by atoms with E-state index >= 15 is 0 Å². The van der Waals surface area contributed by atoms with Crippen LogP contribution in [0.2, 0.25) is 0 Å². The maximum Gasteiger partial charge on any atom is 0.105 e. The Kier molecular flexibility index (Phi) is 7.44. The lowest BCUT2D eigenvalue weighted by molar-refractivity contribution is 0.0454. The molecule has 2 N–H and O–H groups in total. The minimum Gasteiger partial charge on any atom is -0.386 e. The second kappa shape index (κ2) is 9.58. The first kappa shape index (κ1) is 18.7. The first-order valence-corrected chi connectivity index (χ1v) is 8.52. The molecule has 0 aliphatic heterocycles. The largest absolute Gasteiger partial charge is 0.386 e. The topological polar surface area (TPSA) is 49.7 Å². The summed E-state index contributed by atoms with van der Waals surface area (Å²) in [6.07, 6.45) is 0.0338. The second-order valence-electron chi connectivity index (χ2n) is 5.51. The van der Waals surface area contributed by atoms with Gasteiger partial charge >= 0.3 is 0 Å². The summed E-state index contributed by atoms with van der Waals surface area (Å²) in [5.41, 5.74) is 5.40. The van der Waals surface area contributed by atoms with E-state index in [1.807, 2.05) is 54.6 Å². The van der Waals surface area contributed by atoms with Gasteiger partial charge in [0.2, 0.25) is 0 Å². The summed E-state index contributed by atoms with van der Waals surface area (Å²) >= 11 is 3.36. The molecule has 1 unspecified atom stereocenters. The predicted molar refractivity (Wildman–Crippen MR) is 98.5 cm³/mol. The maximum atomic E-state index is 10.1. The van der Waals surface area contributed by atoms with Gasteiger partial charge in [0, 0.05) is 4.47 Å². The van der Waals surface area contributed by atoms with Crippen LogP contribution in [0.25, 0.3) is 0 Å². The molecule has 0 saturated carbocycles. The van der Waals surface area contributed by atoms with Crippen molar-refractivity contribution in [2.75, 3.05) is 6.61 Å². The summed E-state index contributed by atoms with van der Waals surface area (Å²) < 4.78 is 6.47. The third kappa shape index (κ3) is 6.08. The fourth-order valence-corrected chi connectivity index (χ4v) is 2.31. The van der Waals surface area contributed by atoms with Crippen molar-refractivity contribution < 1.29 is 14.9 Å². The molecule has 0 bridgehead atoms. The van der Waals surface area contributed by atoms with Crippen molar-refractivity contribution in [3.63, 3.8) is 0 Å². The van der Waals surface area contributed by atoms with Crippen molar-refractivity contribution in [3.8, 4) is 0 Å². The van der Waals surface area contributed by atoms with Crippen LogP contribution < -0.4 is 0 Å². The summed E-state index contributed by atoms with van der Waals surface area (Å²) in [7, 11) is 0. The van der Waals surface area contributed by atoms with Crippen molar-refractivity contribution in [3.05, 3.63) is 87.6 Å². The average Bonchev–Trinajstić information content (AvgIpc) is 2.60. The molecule has 0 heterocycles. The molecule has 126 valence electrons. The quantitative estimate of drug-likeness (QED) is 0.700. The van der Waals surface area contributed by atoms with Crippen LogP contribution in [0.15, 0.2) is 76.5 Å². The molecule has 2 rings (SSSR count). The van der Waals surface area contributed by atoms with E-state index in [0.717, 1.165) is 15.6 Å². The summed E-state index contributed by atoms with van der Waals surface area (Å²) in [6, 6.07) is 17.2. The van der Waals surface area contributed by atoms with Crippen LogP contribution >= 0.6 is 15.9 Å². The van der Waals surface area contributed by atoms with E-state index in [1.54, 1.807) is 13.0 Å². The number of aliphatic hydroxyl groups excluding tert-OH is 2. The lowest BCUT2D eigenvalue weighted by atomic mass is 10.1. The Hall–Kier alpha value is -1.68. The van der Waals surface area contributed by atoms with Crippen molar-refractivity contribution in [1.82, 2.24) is 0 Å². The number of aliphatic hydroxyl groups is 2. The Morgan fingerprint density at radius 2 is 1.79 bits per heavy atom. The Balaban J connectivity index is 1.87. The molecule has 2 aromatic rings. The molecule has 2 atom stereocenters. The van der Waals surface area contributed by atoms with E-state index in [2.05, 4.69) is 21.7 Å². The molecule has 0 amide bonds. The second-order valence-corrected chi connectivity index (χ2v) is 6.42. The SMILES string of the molecule is CC(=C=CC(O)c1ccc(Br)cc1)[C@@H](O)COCc1ccccc1. The summed E-state index contributed by atoms with van der Waals surface area (Å²) in [5.74, 6) is 0. The molecule has 0 aliphatic carbocycles. The lowest BCUT2D eigenvalue weighted by Crippen LogP contribution is -2.16. The standard InChI is InChI=1S/C20H21BrO3/c1-15(7-12-19(22)17-8-10-18(21)11-9-17)20(23)14-24-13-16-5-3-2-4-6-16/h2-6,8-12,19-20,22-23H,13-14H2,1H3/t7?,19?,20-/m0/s1. The number of benzene rings is 2. The van der Waals surface area contributed by atoms with E-state index in [1.165, 1.54) is 0 Å². The van der Waals surface area contributed by atoms with Crippen LogP contribution in [0.3, 0.4) is 0 Å². The molecule has 0 radical (unpaired) electrons. The highest BCUT2D eigenvalue weighted by Crippen LogP contribution is 2.17. The van der Waals surface area contributed by atoms with E-state index in [0.29, 0.717) is 12.2 Å². The van der Waals surface area contributed by atoms with Crippen LogP contribution in [0.1, 0.15) is 24.2 Å². The van der Waals surface area contributed by atoms with Crippen LogP contribution in [0.4, 0.5) is 0 Å². The first-order valence-electron chi connectivity index (χ1n) is 7.73. The molecule has 0 fully saturated rings. The average molecular weight is 389 g/mol. The number of halogens is 1. The molecular formula is C20H21BrO3. The Bertz CT molecular complexity index is 689. The fraction of sp³-hybridized carbons (Fsp3) is 0.250. The van der Waals surface area contributed by atoms with Crippen molar-refractivity contribution in [1.29, 1.82) is 0 Å². The van der Waals surface area contributed by atoms with Gasteiger partial charge in [0.1, 0.15) is 12.2 Å². The summed E-state index contributed by atoms with van der Waals surface area (Å²) in [4.78, 5) is 0. The third-order valence-corrected chi connectivity index (χ3v) is 4.10. The smallest absolute Gasteiger partial charge is 0.105 e. The lowest BCUT2D eigenvalue weighted by Gasteiger charge is -2.11. The van der Waals surface area contributed by atoms with Gasteiger partial charge in [-0.15, -0.1) is 5.73 Å². The first-order chi connectivity index (χ1) is 11.6. The van der Waals surface area contributed by atoms with Gasteiger partial charge in [-0.05, 0) is 41.8 Å². The van der Waals surface area contributed by atoms with Crippen molar-refractivity contribution in [2.45, 2.75) is 25.7 Å². The van der Waals surface area contributed by atoms with E-state index in [9.17, 15) is 10.2 Å². The minimum absolute atomic E-state index is 0.190. The molecule has 3 nitrogen and oxygen atoms in total. The van der Waals surface area contributed by atoms with Crippen LogP contribution in [0.5, 0.6) is 0 Å². The van der Waals surface area contributed by atoms with Crippen LogP contribution in [-0.2, 0) is 11.3 Å². The number of hydrogen-bond donors (Lipinski definition) is 2. The maximum absolute atomic E-state index is 10.1. The molecule has 4 heteroatoms. The van der Waals surface area contributed by atoms with Gasteiger partial charge in [0.05, 0.1) is 13.2 Å². The van der Waals surface area contributed by atoms with Gasteiger partial charge in [-0.25, -0.2) is 0 Å². The van der Waals surface area contributed by atoms with Gasteiger partial charge in [0.25, 0.3) is 0 Å². The molecule has 24 heavy (non-hydrogen) atoms. The molecule has 0 saturated heterocycles. The van der Waals surface area contributed by atoms with Gasteiger partial charge < -0.3 is 14.9 Å². The monoisotopic (exact) mass is 388 g/mol. The number of ether oxygens (including phenoxy) is 1. The van der Waals surface area contributed by atoms with E-state index in [4.69, 9.17) is 4.74 Å². The molecule has 0 aromatic heterocycles. The van der Waals surface area contributed by atoms with Gasteiger partial charge in [-0.3, -0.25) is 0 Å². The molecular weight excluding hydrogens is 368 g/mol. The highest BCUT2D eigenvalue weighted by Gasteiger charge is 2.07. The number of rotatable bonds is 7. The Morgan fingerprint density at radius 1 is 1.12 bits per heavy atom. The van der Waals surface area contributed by atoms with Gasteiger partial charge in [-0.2, -0.15) is 0 Å². The van der Waals surface area contributed by atoms with E-state index < -0.39 is 12.2 Å². The highest BCUT2D eigenvalue weighted by molar-refractivity contribution is 9.10. The van der Waals surface area contributed by atoms with Gasteiger partial charge in [0.15, 0.2) is 0 Å². The summed E-state index contributed by atoms with van der Waals surface area (Å²) in [6.45, 7) is 2.41. The zero-order valence-corrected chi connectivity index (χ0v) is 15.1. The van der Waals surface area contributed by atoms with Crippen LogP contribution in [0, 0.1) is 0 Å². The van der Waals surface area contributed by atoms with Crippen molar-refractivity contribution in [2.24, 2.45) is 0 Å². The van der Waals surface area contributed by atoms with Gasteiger partial charge in [-0.1, -0.05) is 58.4 Å². The molecule has 2 aromatic carbocycles. The predicted octanol–water partition coefficient (Wildman–Crippen LogP) is 4.16. The highest BCUT2D eigenvalue weighted by atomic mass is 79.9. The number of hydrogen-bond acceptors (Lipinski definition) is 3. The third-order valence-electron chi connectivity index (χ3n) is 3.57. The fourth-order valence-electron chi connectivity index (χ4n) is 2.05.